The topological polar surface area (TPSA) is 3.24 Å². The van der Waals surface area contributed by atoms with Crippen molar-refractivity contribution in [2.45, 2.75) is 3.92 Å². The minimum atomic E-state index is -2.58. The first-order valence-corrected chi connectivity index (χ1v) is 2.26. The van der Waals surface area contributed by atoms with Crippen molar-refractivity contribution in [1.82, 2.24) is 5.34 Å². The van der Waals surface area contributed by atoms with Gasteiger partial charge in [-0.15, -0.1) is 0 Å². The Morgan fingerprint density at radius 2 is 1.29 bits per heavy atom. The van der Waals surface area contributed by atoms with E-state index in [4.69, 9.17) is 0 Å². The number of hydrogen-bond donors (Lipinski definition) is 0. The molecule has 0 atom stereocenters. The van der Waals surface area contributed by atoms with E-state index in [1.165, 1.54) is 0 Å². The fraction of sp³-hybridized carbons (Fsp3) is 1.00. The van der Waals surface area contributed by atoms with Gasteiger partial charge in [0.25, 0.3) is 0 Å². The van der Waals surface area contributed by atoms with Crippen molar-refractivity contribution < 1.29 is 8.96 Å². The van der Waals surface area contributed by atoms with Gasteiger partial charge >= 0.3 is 3.92 Å². The average molecular weight is 170 g/mol. The lowest BCUT2D eigenvalue weighted by molar-refractivity contribution is -0.158. The second-order valence-electron chi connectivity index (χ2n) is 0.701. The van der Waals surface area contributed by atoms with Crippen LogP contribution in [0.25, 0.3) is 0 Å². The zero-order valence-electron chi connectivity index (χ0n) is 2.84. The molecule has 1 nitrogen and oxygen atoms in total. The molecule has 0 aromatic rings. The van der Waals surface area contributed by atoms with Crippen molar-refractivity contribution in [3.05, 3.63) is 0 Å². The van der Waals surface area contributed by atoms with Crippen LogP contribution in [0.3, 0.4) is 0 Å². The molecule has 0 amide bonds. The normalized spacial score (nSPS) is 12.9. The first-order chi connectivity index (χ1) is 2.94. The van der Waals surface area contributed by atoms with Crippen LogP contribution in [-0.4, -0.2) is 9.26 Å². The molecule has 0 aliphatic carbocycles. The highest BCUT2D eigenvalue weighted by Crippen LogP contribution is 2.30. The third-order valence-electron chi connectivity index (χ3n) is 0.192. The van der Waals surface area contributed by atoms with Gasteiger partial charge in [0.15, 0.2) is 0 Å². The second-order valence-corrected chi connectivity index (χ2v) is 2.92. The van der Waals surface area contributed by atoms with E-state index in [2.05, 4.69) is 34.8 Å². The molecule has 7 heavy (non-hydrogen) atoms. The summed E-state index contributed by atoms with van der Waals surface area (Å²) >= 11 is 13.7. The quantitative estimate of drug-likeness (QED) is 0.306. The minimum absolute atomic E-state index is 1.52. The van der Waals surface area contributed by atoms with E-state index >= 15 is 0 Å². The van der Waals surface area contributed by atoms with E-state index in [9.17, 15) is 8.96 Å². The molecule has 0 N–H and O–H groups in total. The van der Waals surface area contributed by atoms with Crippen LogP contribution < -0.4 is 0 Å². The first-order valence-electron chi connectivity index (χ1n) is 1.13. The molecule has 0 aromatic carbocycles. The zero-order chi connectivity index (χ0) is 6.08. The van der Waals surface area contributed by atoms with Crippen LogP contribution in [0.4, 0.5) is 8.96 Å². The van der Waals surface area contributed by atoms with Crippen LogP contribution >= 0.6 is 34.8 Å². The highest BCUT2D eigenvalue weighted by molar-refractivity contribution is 6.66. The average Bonchev–Trinajstić information content (AvgIpc) is 1.31. The third kappa shape index (κ3) is 3.29. The van der Waals surface area contributed by atoms with E-state index in [0.29, 0.717) is 0 Å². The van der Waals surface area contributed by atoms with Crippen LogP contribution in [0, 0.1) is 0 Å². The Balaban J connectivity index is 3.54. The Labute approximate surface area is 53.6 Å². The number of alkyl halides is 3. The van der Waals surface area contributed by atoms with Crippen LogP contribution in [0.1, 0.15) is 0 Å². The lowest BCUT2D eigenvalue weighted by Gasteiger charge is -2.07. The van der Waals surface area contributed by atoms with Crippen molar-refractivity contribution in [2.75, 3.05) is 0 Å². The van der Waals surface area contributed by atoms with Gasteiger partial charge in [-0.25, -0.2) is 0 Å². The summed E-state index contributed by atoms with van der Waals surface area (Å²) in [6, 6.07) is 0. The molecule has 0 aromatic heterocycles. The largest absolute Gasteiger partial charge is 0.304 e. The van der Waals surface area contributed by atoms with Gasteiger partial charge in [0.2, 0.25) is 0 Å². The Morgan fingerprint density at radius 3 is 1.29 bits per heavy atom. The first kappa shape index (κ1) is 7.69. The maximum absolute atomic E-state index is 11.0. The van der Waals surface area contributed by atoms with Crippen molar-refractivity contribution in [2.24, 2.45) is 0 Å². The van der Waals surface area contributed by atoms with E-state index in [0.717, 1.165) is 0 Å². The van der Waals surface area contributed by atoms with Crippen LogP contribution in [0.5, 0.6) is 0 Å². The molecule has 0 saturated carbocycles. The molecular weight excluding hydrogens is 170 g/mol. The molecule has 44 valence electrons. The van der Waals surface area contributed by atoms with Crippen molar-refractivity contribution in [3.8, 4) is 0 Å². The summed E-state index contributed by atoms with van der Waals surface area (Å²) in [4.78, 5) is 0. The Kier molecular flexibility index (Phi) is 2.53. The predicted octanol–water partition coefficient (Wildman–Crippen LogP) is 2.39. The maximum Gasteiger partial charge on any atom is 0.304 e. The molecule has 6 heteroatoms. The molecule has 0 heterocycles. The maximum atomic E-state index is 11.0. The summed E-state index contributed by atoms with van der Waals surface area (Å²) in [6.07, 6.45) is 0. The fourth-order valence-corrected chi connectivity index (χ4v) is 0. The van der Waals surface area contributed by atoms with Crippen LogP contribution in [0.15, 0.2) is 0 Å². The van der Waals surface area contributed by atoms with E-state index in [1.807, 2.05) is 0 Å². The molecule has 0 unspecified atom stereocenters. The van der Waals surface area contributed by atoms with E-state index < -0.39 is 9.26 Å². The van der Waals surface area contributed by atoms with Gasteiger partial charge in [0.1, 0.15) is 0 Å². The highest BCUT2D eigenvalue weighted by atomic mass is 35.6. The summed E-state index contributed by atoms with van der Waals surface area (Å²) in [5, 5.41) is -1.52. The summed E-state index contributed by atoms with van der Waals surface area (Å²) in [7, 11) is 0. The van der Waals surface area contributed by atoms with Gasteiger partial charge in [0, 0.05) is 0 Å². The molecule has 0 saturated heterocycles. The third-order valence-corrected chi connectivity index (χ3v) is 0.575. The molecule has 0 spiro atoms. The van der Waals surface area contributed by atoms with Gasteiger partial charge in [-0.1, -0.05) is 43.8 Å². The summed E-state index contributed by atoms with van der Waals surface area (Å²) < 4.78 is 19.4. The van der Waals surface area contributed by atoms with E-state index in [1.54, 1.807) is 0 Å². The van der Waals surface area contributed by atoms with Gasteiger partial charge < -0.3 is 0 Å². The van der Waals surface area contributed by atoms with Crippen LogP contribution in [0.2, 0.25) is 0 Å². The highest BCUT2D eigenvalue weighted by Gasteiger charge is 2.30. The Morgan fingerprint density at radius 1 is 1.14 bits per heavy atom. The number of nitrogens with zero attached hydrogens (tertiary/aromatic N) is 1. The Hall–Kier alpha value is 0.690. The van der Waals surface area contributed by atoms with Gasteiger partial charge in [0.05, 0.1) is 5.34 Å². The molecular formula is CCl3F2N. The SMILES string of the molecule is FN(F)C(Cl)(Cl)Cl. The monoisotopic (exact) mass is 169 g/mol. The molecule has 0 radical (unpaired) electrons. The van der Waals surface area contributed by atoms with Crippen LogP contribution in [-0.2, 0) is 0 Å². The number of rotatable bonds is 0. The van der Waals surface area contributed by atoms with Crippen molar-refractivity contribution in [3.63, 3.8) is 0 Å². The second kappa shape index (κ2) is 2.31. The lowest BCUT2D eigenvalue weighted by atomic mass is 11.5. The standard InChI is InChI=1S/CCl3F2N/c2-1(3,4)7(5)6. The molecule has 0 fully saturated rings. The lowest BCUT2D eigenvalue weighted by Crippen LogP contribution is -2.17. The number of halogens is 5. The Bertz CT molecular complexity index is 58.4. The summed E-state index contributed by atoms with van der Waals surface area (Å²) in [5.74, 6) is 0. The van der Waals surface area contributed by atoms with Gasteiger partial charge in [-0.3, -0.25) is 0 Å². The molecule has 0 aliphatic heterocycles. The predicted molar refractivity (Wildman–Crippen MR) is 24.3 cm³/mol. The van der Waals surface area contributed by atoms with E-state index in [-0.39, 0.29) is 0 Å². The minimum Gasteiger partial charge on any atom is -0.0969 e. The van der Waals surface area contributed by atoms with Gasteiger partial charge in [-0.05, 0) is 0 Å². The smallest absolute Gasteiger partial charge is 0.0969 e. The molecule has 0 aliphatic rings. The fourth-order valence-electron chi connectivity index (χ4n) is 0. The molecule has 0 rings (SSSR count). The molecule has 0 bridgehead atoms. The number of hydrogen-bond acceptors (Lipinski definition) is 1. The summed E-state index contributed by atoms with van der Waals surface area (Å²) in [6.45, 7) is 0. The zero-order valence-corrected chi connectivity index (χ0v) is 5.10. The summed E-state index contributed by atoms with van der Waals surface area (Å²) in [5.41, 5.74) is 0. The van der Waals surface area contributed by atoms with Crippen molar-refractivity contribution in [1.29, 1.82) is 0 Å². The van der Waals surface area contributed by atoms with Gasteiger partial charge in [-0.2, -0.15) is 0 Å². The van der Waals surface area contributed by atoms with Crippen molar-refractivity contribution >= 4 is 34.8 Å².